The van der Waals surface area contributed by atoms with E-state index in [4.69, 9.17) is 4.74 Å². The molecule has 3 fully saturated rings. The van der Waals surface area contributed by atoms with Crippen LogP contribution in [0.15, 0.2) is 35.3 Å². The smallest absolute Gasteiger partial charge is 0.225 e. The van der Waals surface area contributed by atoms with Gasteiger partial charge in [0.15, 0.2) is 5.96 Å². The van der Waals surface area contributed by atoms with Gasteiger partial charge in [-0.1, -0.05) is 36.8 Å². The van der Waals surface area contributed by atoms with E-state index in [2.05, 4.69) is 49.3 Å². The van der Waals surface area contributed by atoms with Crippen molar-refractivity contribution in [2.75, 3.05) is 66.0 Å². The zero-order valence-electron chi connectivity index (χ0n) is 19.5. The summed E-state index contributed by atoms with van der Waals surface area (Å²) in [4.78, 5) is 23.8. The molecule has 0 spiro atoms. The Morgan fingerprint density at radius 2 is 1.84 bits per heavy atom. The van der Waals surface area contributed by atoms with Crippen LogP contribution in [0.3, 0.4) is 0 Å². The molecule has 1 aromatic rings. The molecule has 1 unspecified atom stereocenters. The van der Waals surface area contributed by atoms with Crippen molar-refractivity contribution in [2.45, 2.75) is 32.3 Å². The Labute approximate surface area is 192 Å². The minimum atomic E-state index is 0.319. The fourth-order valence-corrected chi connectivity index (χ4v) is 4.84. The number of carbonyl (C=O) groups is 1. The largest absolute Gasteiger partial charge is 0.376 e. The fraction of sp³-hybridized carbons (Fsp3) is 0.680. The minimum Gasteiger partial charge on any atom is -0.376 e. The summed E-state index contributed by atoms with van der Waals surface area (Å²) in [6.07, 6.45) is 4.56. The maximum absolute atomic E-state index is 12.4. The quantitative estimate of drug-likeness (QED) is 0.494. The number of aliphatic imine (C=N–C) groups is 1. The third-order valence-electron chi connectivity index (χ3n) is 7.11. The summed E-state index contributed by atoms with van der Waals surface area (Å²) in [6, 6.07) is 10.4. The lowest BCUT2D eigenvalue weighted by molar-refractivity contribution is -0.139. The van der Waals surface area contributed by atoms with E-state index in [9.17, 15) is 4.79 Å². The molecule has 3 aliphatic rings. The Morgan fingerprint density at radius 1 is 1.06 bits per heavy atom. The van der Waals surface area contributed by atoms with Crippen LogP contribution in [0.5, 0.6) is 0 Å². The zero-order chi connectivity index (χ0) is 22.2. The lowest BCUT2D eigenvalue weighted by Crippen LogP contribution is -2.52. The van der Waals surface area contributed by atoms with Crippen molar-refractivity contribution in [1.82, 2.24) is 20.0 Å². The van der Waals surface area contributed by atoms with Crippen LogP contribution in [0.2, 0.25) is 0 Å². The molecule has 7 heteroatoms. The number of amides is 1. The molecule has 2 heterocycles. The number of hydrogen-bond acceptors (Lipinski definition) is 4. The van der Waals surface area contributed by atoms with Gasteiger partial charge in [0.2, 0.25) is 5.91 Å². The van der Waals surface area contributed by atoms with Crippen LogP contribution in [0, 0.1) is 11.8 Å². The van der Waals surface area contributed by atoms with Crippen molar-refractivity contribution in [3.63, 3.8) is 0 Å². The number of ether oxygens (including phenoxy) is 1. The molecule has 1 N–H and O–H groups in total. The Balaban J connectivity index is 1.10. The highest BCUT2D eigenvalue weighted by Crippen LogP contribution is 2.28. The van der Waals surface area contributed by atoms with Crippen molar-refractivity contribution < 1.29 is 9.53 Å². The van der Waals surface area contributed by atoms with Crippen LogP contribution in [-0.4, -0.2) is 92.6 Å². The number of carbonyl (C=O) groups excluding carboxylic acids is 1. The van der Waals surface area contributed by atoms with Gasteiger partial charge in [0.05, 0.1) is 13.2 Å². The Bertz CT molecular complexity index is 744. The van der Waals surface area contributed by atoms with Gasteiger partial charge in [-0.25, -0.2) is 0 Å². The Morgan fingerprint density at radius 3 is 2.53 bits per heavy atom. The molecule has 4 rings (SSSR count). The predicted octanol–water partition coefficient (Wildman–Crippen LogP) is 2.04. The first-order valence-corrected chi connectivity index (χ1v) is 12.3. The van der Waals surface area contributed by atoms with Crippen LogP contribution in [0.4, 0.5) is 0 Å². The first-order chi connectivity index (χ1) is 15.7. The second kappa shape index (κ2) is 11.7. The third kappa shape index (κ3) is 6.23. The summed E-state index contributed by atoms with van der Waals surface area (Å²) < 4.78 is 5.96. The summed E-state index contributed by atoms with van der Waals surface area (Å²) in [6.45, 7) is 9.08. The van der Waals surface area contributed by atoms with Gasteiger partial charge < -0.3 is 19.9 Å². The van der Waals surface area contributed by atoms with Crippen molar-refractivity contribution in [3.8, 4) is 0 Å². The summed E-state index contributed by atoms with van der Waals surface area (Å²) in [5.74, 6) is 2.26. The number of rotatable bonds is 8. The van der Waals surface area contributed by atoms with Gasteiger partial charge in [-0.3, -0.25) is 14.7 Å². The fourth-order valence-electron chi connectivity index (χ4n) is 4.84. The summed E-state index contributed by atoms with van der Waals surface area (Å²) in [5, 5.41) is 3.54. The monoisotopic (exact) mass is 441 g/mol. The number of nitrogens with zero attached hydrogens (tertiary/aromatic N) is 4. The molecule has 32 heavy (non-hydrogen) atoms. The molecule has 0 radical (unpaired) electrons. The van der Waals surface area contributed by atoms with Crippen molar-refractivity contribution in [3.05, 3.63) is 35.9 Å². The van der Waals surface area contributed by atoms with Crippen LogP contribution < -0.4 is 5.32 Å². The average molecular weight is 442 g/mol. The number of likely N-dealkylation sites (tertiary alicyclic amines) is 1. The van der Waals surface area contributed by atoms with Gasteiger partial charge >= 0.3 is 0 Å². The summed E-state index contributed by atoms with van der Waals surface area (Å²) in [5.41, 5.74) is 1.23. The molecule has 7 nitrogen and oxygen atoms in total. The molecule has 2 aliphatic heterocycles. The molecule has 2 saturated heterocycles. The van der Waals surface area contributed by atoms with Gasteiger partial charge in [0.1, 0.15) is 0 Å². The maximum Gasteiger partial charge on any atom is 0.225 e. The predicted molar refractivity (Wildman–Crippen MR) is 128 cm³/mol. The van der Waals surface area contributed by atoms with Gasteiger partial charge in [0, 0.05) is 71.2 Å². The van der Waals surface area contributed by atoms with Crippen LogP contribution in [0.1, 0.15) is 31.2 Å². The van der Waals surface area contributed by atoms with E-state index in [0.717, 1.165) is 84.2 Å². The number of hydrogen-bond donors (Lipinski definition) is 1. The van der Waals surface area contributed by atoms with Gasteiger partial charge in [-0.15, -0.1) is 0 Å². The molecule has 0 aromatic heterocycles. The molecule has 1 aliphatic carbocycles. The second-order valence-corrected chi connectivity index (χ2v) is 9.37. The van der Waals surface area contributed by atoms with E-state index in [1.807, 2.05) is 13.1 Å². The summed E-state index contributed by atoms with van der Waals surface area (Å²) in [7, 11) is 1.87. The maximum atomic E-state index is 12.4. The normalized spacial score (nSPS) is 22.8. The van der Waals surface area contributed by atoms with Gasteiger partial charge in [-0.05, 0) is 24.8 Å². The van der Waals surface area contributed by atoms with Gasteiger partial charge in [-0.2, -0.15) is 0 Å². The van der Waals surface area contributed by atoms with Crippen molar-refractivity contribution >= 4 is 11.9 Å². The minimum absolute atomic E-state index is 0.319. The Kier molecular flexibility index (Phi) is 8.40. The van der Waals surface area contributed by atoms with E-state index >= 15 is 0 Å². The molecule has 1 amide bonds. The van der Waals surface area contributed by atoms with Crippen molar-refractivity contribution in [1.29, 1.82) is 0 Å². The van der Waals surface area contributed by atoms with Crippen LogP contribution in [0.25, 0.3) is 0 Å². The molecule has 0 bridgehead atoms. The van der Waals surface area contributed by atoms with E-state index < -0.39 is 0 Å². The number of benzene rings is 1. The molecule has 1 atom stereocenters. The second-order valence-electron chi connectivity index (χ2n) is 9.37. The third-order valence-corrected chi connectivity index (χ3v) is 7.11. The first kappa shape index (κ1) is 23.1. The highest BCUT2D eigenvalue weighted by Gasteiger charge is 2.31. The molecular weight excluding hydrogens is 402 g/mol. The first-order valence-electron chi connectivity index (χ1n) is 12.3. The topological polar surface area (TPSA) is 60.4 Å². The van der Waals surface area contributed by atoms with Crippen LogP contribution in [-0.2, 0) is 16.1 Å². The van der Waals surface area contributed by atoms with Crippen LogP contribution >= 0.6 is 0 Å². The van der Waals surface area contributed by atoms with Crippen molar-refractivity contribution in [2.24, 2.45) is 16.8 Å². The van der Waals surface area contributed by atoms with E-state index in [1.54, 1.807) is 0 Å². The summed E-state index contributed by atoms with van der Waals surface area (Å²) >= 11 is 0. The number of piperazine rings is 1. The number of guanidine groups is 1. The Hall–Kier alpha value is -2.12. The van der Waals surface area contributed by atoms with E-state index in [1.165, 1.54) is 12.0 Å². The van der Waals surface area contributed by atoms with E-state index in [0.29, 0.717) is 24.3 Å². The SMILES string of the molecule is CN=C(NCCN1CCN(C(=O)C2CCC2)CC1)N1CCC(COCc2ccccc2)C1. The molecule has 1 saturated carbocycles. The zero-order valence-corrected chi connectivity index (χ0v) is 19.5. The molecule has 176 valence electrons. The lowest BCUT2D eigenvalue weighted by atomic mass is 9.84. The highest BCUT2D eigenvalue weighted by atomic mass is 16.5. The number of nitrogens with one attached hydrogen (secondary N) is 1. The molecule has 1 aromatic carbocycles. The lowest BCUT2D eigenvalue weighted by Gasteiger charge is -2.38. The van der Waals surface area contributed by atoms with E-state index in [-0.39, 0.29) is 0 Å². The standard InChI is InChI=1S/C25H39N5O2/c1-26-25(30-12-10-22(18-30)20-32-19-21-6-3-2-4-7-21)27-11-13-28-14-16-29(17-15-28)24(31)23-8-5-9-23/h2-4,6-7,22-23H,5,8-20H2,1H3,(H,26,27). The highest BCUT2D eigenvalue weighted by molar-refractivity contribution is 5.80. The molecular formula is C25H39N5O2. The average Bonchev–Trinajstić information content (AvgIpc) is 3.25. The van der Waals surface area contributed by atoms with Gasteiger partial charge in [0.25, 0.3) is 0 Å².